The van der Waals surface area contributed by atoms with Crippen LogP contribution in [-0.2, 0) is 4.79 Å². The summed E-state index contributed by atoms with van der Waals surface area (Å²) in [7, 11) is 0. The molecule has 0 saturated heterocycles. The van der Waals surface area contributed by atoms with Crippen LogP contribution in [-0.4, -0.2) is 39.9 Å². The van der Waals surface area contributed by atoms with Crippen molar-refractivity contribution >= 4 is 76.3 Å². The van der Waals surface area contributed by atoms with Crippen molar-refractivity contribution in [1.82, 2.24) is 10.3 Å². The standard InChI is InChI=1S/C26H28Cl2N4O3.2ClH/c1-13(29)26(35)32-18-6-4-17(5-7-18)31-24-19-9-15(16-10-21(27)25(34)22(28)11-16)3-8-23(19)30-12-20(24)14(2)33;;/h3,8-13,17-18,34H,4-7,29H2,1-2H3,(H,30,31)(H,32,35);2*1H. The smallest absolute Gasteiger partial charge is 0.236 e. The highest BCUT2D eigenvalue weighted by Crippen LogP contribution is 2.38. The van der Waals surface area contributed by atoms with Gasteiger partial charge >= 0.3 is 0 Å². The van der Waals surface area contributed by atoms with E-state index in [1.54, 1.807) is 25.3 Å². The number of carbonyl (C=O) groups excluding carboxylic acids is 2. The van der Waals surface area contributed by atoms with Gasteiger partial charge in [-0.2, -0.15) is 0 Å². The quantitative estimate of drug-likeness (QED) is 0.257. The Labute approximate surface area is 238 Å². The highest BCUT2D eigenvalue weighted by Gasteiger charge is 2.25. The number of carbonyl (C=O) groups is 2. The van der Waals surface area contributed by atoms with Crippen LogP contribution in [0.15, 0.2) is 36.5 Å². The minimum Gasteiger partial charge on any atom is -0.505 e. The Morgan fingerprint density at radius 3 is 2.19 bits per heavy atom. The maximum absolute atomic E-state index is 12.5. The first-order chi connectivity index (χ1) is 16.6. The van der Waals surface area contributed by atoms with Crippen LogP contribution in [0, 0.1) is 0 Å². The first-order valence-electron chi connectivity index (χ1n) is 11.6. The van der Waals surface area contributed by atoms with Gasteiger partial charge < -0.3 is 21.5 Å². The Balaban J connectivity index is 0.00000241. The Morgan fingerprint density at radius 2 is 1.62 bits per heavy atom. The highest BCUT2D eigenvalue weighted by molar-refractivity contribution is 6.37. The molecule has 1 heterocycles. The number of amides is 1. The van der Waals surface area contributed by atoms with Gasteiger partial charge in [0.05, 0.1) is 32.9 Å². The van der Waals surface area contributed by atoms with Gasteiger partial charge in [0.15, 0.2) is 11.5 Å². The molecule has 1 aliphatic rings. The van der Waals surface area contributed by atoms with Gasteiger partial charge in [-0.15, -0.1) is 24.8 Å². The summed E-state index contributed by atoms with van der Waals surface area (Å²) in [6, 6.07) is 8.75. The molecule has 2 aromatic carbocycles. The van der Waals surface area contributed by atoms with Gasteiger partial charge in [0.25, 0.3) is 0 Å². The highest BCUT2D eigenvalue weighted by atomic mass is 35.5. The summed E-state index contributed by atoms with van der Waals surface area (Å²) in [4.78, 5) is 28.9. The lowest BCUT2D eigenvalue weighted by atomic mass is 9.90. The average molecular weight is 588 g/mol. The van der Waals surface area contributed by atoms with Crippen LogP contribution in [0.25, 0.3) is 22.0 Å². The number of hydrogen-bond acceptors (Lipinski definition) is 6. The molecule has 37 heavy (non-hydrogen) atoms. The van der Waals surface area contributed by atoms with Crippen molar-refractivity contribution in [3.05, 3.63) is 52.1 Å². The molecule has 4 rings (SSSR count). The van der Waals surface area contributed by atoms with E-state index in [2.05, 4.69) is 15.6 Å². The number of phenols is 1. The molecule has 11 heteroatoms. The van der Waals surface area contributed by atoms with E-state index in [0.717, 1.165) is 53.4 Å². The van der Waals surface area contributed by atoms with E-state index < -0.39 is 6.04 Å². The largest absolute Gasteiger partial charge is 0.505 e. The van der Waals surface area contributed by atoms with E-state index in [-0.39, 0.29) is 64.4 Å². The van der Waals surface area contributed by atoms with Crippen molar-refractivity contribution in [3.8, 4) is 16.9 Å². The van der Waals surface area contributed by atoms with Crippen molar-refractivity contribution in [3.63, 3.8) is 0 Å². The monoisotopic (exact) mass is 586 g/mol. The number of fused-ring (bicyclic) bond motifs is 1. The van der Waals surface area contributed by atoms with Crippen molar-refractivity contribution in [2.24, 2.45) is 5.73 Å². The molecule has 1 aromatic heterocycles. The third kappa shape index (κ3) is 6.98. The van der Waals surface area contributed by atoms with Crippen LogP contribution < -0.4 is 16.4 Å². The fraction of sp³-hybridized carbons (Fsp3) is 0.346. The molecule has 200 valence electrons. The third-order valence-electron chi connectivity index (χ3n) is 6.43. The molecule has 3 aromatic rings. The molecule has 1 amide bonds. The predicted octanol–water partition coefficient (Wildman–Crippen LogP) is 6.15. The van der Waals surface area contributed by atoms with Gasteiger partial charge in [-0.05, 0) is 74.9 Å². The fourth-order valence-electron chi connectivity index (χ4n) is 4.45. The van der Waals surface area contributed by atoms with Crippen molar-refractivity contribution in [2.75, 3.05) is 5.32 Å². The number of hydrogen-bond donors (Lipinski definition) is 4. The molecule has 0 radical (unpaired) electrons. The number of ketones is 1. The molecule has 7 nitrogen and oxygen atoms in total. The van der Waals surface area contributed by atoms with E-state index in [1.807, 2.05) is 18.2 Å². The summed E-state index contributed by atoms with van der Waals surface area (Å²) in [6.45, 7) is 3.20. The number of Topliss-reactive ketones (excluding diaryl/α,β-unsaturated/α-hetero) is 1. The third-order valence-corrected chi connectivity index (χ3v) is 7.01. The van der Waals surface area contributed by atoms with Crippen LogP contribution in [0.5, 0.6) is 5.75 Å². The first kappa shape index (κ1) is 30.9. The zero-order valence-electron chi connectivity index (χ0n) is 20.4. The summed E-state index contributed by atoms with van der Waals surface area (Å²) in [5.74, 6) is -0.378. The lowest BCUT2D eigenvalue weighted by Gasteiger charge is -2.31. The van der Waals surface area contributed by atoms with Crippen LogP contribution in [0.4, 0.5) is 5.69 Å². The van der Waals surface area contributed by atoms with Gasteiger partial charge in [0, 0.05) is 23.7 Å². The number of benzene rings is 2. The van der Waals surface area contributed by atoms with Gasteiger partial charge in [-0.25, -0.2) is 0 Å². The van der Waals surface area contributed by atoms with E-state index in [9.17, 15) is 14.7 Å². The number of aromatic hydroxyl groups is 1. The van der Waals surface area contributed by atoms with E-state index in [1.165, 1.54) is 6.92 Å². The molecule has 0 aliphatic heterocycles. The second-order valence-electron chi connectivity index (χ2n) is 9.11. The minimum atomic E-state index is -0.528. The van der Waals surface area contributed by atoms with Crippen LogP contribution in [0.2, 0.25) is 10.0 Å². The molecule has 0 spiro atoms. The zero-order chi connectivity index (χ0) is 25.3. The fourth-order valence-corrected chi connectivity index (χ4v) is 4.93. The summed E-state index contributed by atoms with van der Waals surface area (Å²) < 4.78 is 0. The van der Waals surface area contributed by atoms with Crippen molar-refractivity contribution < 1.29 is 14.7 Å². The van der Waals surface area contributed by atoms with Gasteiger partial charge in [0.2, 0.25) is 5.91 Å². The number of nitrogens with zero attached hydrogens (tertiary/aromatic N) is 1. The SMILES string of the molecule is CC(=O)c1cnc2ccc(-c3cc(Cl)c(O)c(Cl)c3)cc2c1NC1CCC(NC(=O)C(C)N)CC1.Cl.Cl. The molecule has 1 unspecified atom stereocenters. The first-order valence-corrected chi connectivity index (χ1v) is 12.3. The Kier molecular flexibility index (Phi) is 10.9. The number of rotatable bonds is 6. The van der Waals surface area contributed by atoms with E-state index in [4.69, 9.17) is 28.9 Å². The second-order valence-corrected chi connectivity index (χ2v) is 9.93. The molecule has 1 saturated carbocycles. The zero-order valence-corrected chi connectivity index (χ0v) is 23.5. The van der Waals surface area contributed by atoms with Crippen molar-refractivity contribution in [2.45, 2.75) is 57.7 Å². The van der Waals surface area contributed by atoms with Crippen LogP contribution in [0.3, 0.4) is 0 Å². The number of aromatic nitrogens is 1. The second kappa shape index (κ2) is 13.0. The molecule has 1 aliphatic carbocycles. The predicted molar refractivity (Wildman–Crippen MR) is 155 cm³/mol. The number of nitrogens with one attached hydrogen (secondary N) is 2. The number of nitrogens with two attached hydrogens (primary N) is 1. The Bertz CT molecular complexity index is 1270. The van der Waals surface area contributed by atoms with E-state index in [0.29, 0.717) is 5.56 Å². The molecular formula is C26H30Cl4N4O3. The number of anilines is 1. The molecular weight excluding hydrogens is 558 g/mol. The van der Waals surface area contributed by atoms with Gasteiger partial charge in [-0.3, -0.25) is 14.6 Å². The summed E-state index contributed by atoms with van der Waals surface area (Å²) in [6.07, 6.45) is 4.94. The maximum atomic E-state index is 12.5. The Morgan fingerprint density at radius 1 is 1.03 bits per heavy atom. The lowest BCUT2D eigenvalue weighted by molar-refractivity contribution is -0.122. The number of halogens is 4. The number of pyridine rings is 1. The van der Waals surface area contributed by atoms with Gasteiger partial charge in [0.1, 0.15) is 0 Å². The molecule has 1 fully saturated rings. The van der Waals surface area contributed by atoms with Crippen molar-refractivity contribution in [1.29, 1.82) is 0 Å². The van der Waals surface area contributed by atoms with Gasteiger partial charge in [-0.1, -0.05) is 29.3 Å². The average Bonchev–Trinajstić information content (AvgIpc) is 2.83. The van der Waals surface area contributed by atoms with E-state index >= 15 is 0 Å². The summed E-state index contributed by atoms with van der Waals surface area (Å²) in [5.41, 5.74) is 9.24. The normalized spacial score (nSPS) is 17.8. The minimum absolute atomic E-state index is 0. The molecule has 5 N–H and O–H groups in total. The summed E-state index contributed by atoms with van der Waals surface area (Å²) in [5, 5.41) is 17.6. The topological polar surface area (TPSA) is 117 Å². The maximum Gasteiger partial charge on any atom is 0.236 e. The lowest BCUT2D eigenvalue weighted by Crippen LogP contribution is -2.46. The number of phenolic OH excluding ortho intramolecular Hbond substituents is 1. The molecule has 0 bridgehead atoms. The summed E-state index contributed by atoms with van der Waals surface area (Å²) >= 11 is 12.3. The van der Waals surface area contributed by atoms with Crippen LogP contribution >= 0.6 is 48.0 Å². The molecule has 1 atom stereocenters. The Hall–Kier alpha value is -2.29. The van der Waals surface area contributed by atoms with Crippen LogP contribution in [0.1, 0.15) is 49.9 Å².